The summed E-state index contributed by atoms with van der Waals surface area (Å²) < 4.78 is 9.44. The van der Waals surface area contributed by atoms with Crippen LogP contribution in [-0.2, 0) is 23.9 Å². The van der Waals surface area contributed by atoms with E-state index in [1.165, 1.54) is 26.2 Å². The van der Waals surface area contributed by atoms with E-state index in [-0.39, 0.29) is 12.0 Å². The Balaban J connectivity index is 4.88. The minimum atomic E-state index is -1.06. The first-order valence-electron chi connectivity index (χ1n) is 11.8. The minimum Gasteiger partial charge on any atom is -0.478 e. The standard InChI is InChI=1S/C26H44O6/c1-9-17(2)10-18(3)11-19(4)12-20(5)13-21(6)14-24(25(28)29)15-22(7)26(30)32-16-31-23(8)27/h13-14,17-20,22H,9-12,15-16H2,1-8H3,(H,28,29). The molecule has 0 saturated carbocycles. The summed E-state index contributed by atoms with van der Waals surface area (Å²) in [5, 5.41) is 9.56. The molecule has 184 valence electrons. The molecular formula is C26H44O6. The van der Waals surface area contributed by atoms with Gasteiger partial charge in [-0.05, 0) is 62.4 Å². The van der Waals surface area contributed by atoms with Gasteiger partial charge in [0.2, 0.25) is 6.79 Å². The van der Waals surface area contributed by atoms with Crippen LogP contribution >= 0.6 is 0 Å². The quantitative estimate of drug-likeness (QED) is 0.138. The summed E-state index contributed by atoms with van der Waals surface area (Å²) in [7, 11) is 0. The van der Waals surface area contributed by atoms with E-state index < -0.39 is 30.6 Å². The van der Waals surface area contributed by atoms with Crippen LogP contribution in [0.4, 0.5) is 0 Å². The molecule has 0 fully saturated rings. The predicted octanol–water partition coefficient (Wildman–Crippen LogP) is 6.16. The summed E-state index contributed by atoms with van der Waals surface area (Å²) in [6.45, 7) is 15.6. The molecule has 0 amide bonds. The Kier molecular flexibility index (Phi) is 14.6. The summed E-state index contributed by atoms with van der Waals surface area (Å²) >= 11 is 0. The maximum atomic E-state index is 12.0. The van der Waals surface area contributed by atoms with Gasteiger partial charge in [0, 0.05) is 12.5 Å². The maximum absolute atomic E-state index is 12.0. The van der Waals surface area contributed by atoms with E-state index in [1.807, 2.05) is 6.92 Å². The monoisotopic (exact) mass is 452 g/mol. The molecule has 5 unspecified atom stereocenters. The number of carboxylic acids is 1. The third kappa shape index (κ3) is 14.0. The summed E-state index contributed by atoms with van der Waals surface area (Å²) in [6.07, 6.45) is 8.50. The Bertz CT molecular complexity index is 663. The van der Waals surface area contributed by atoms with Gasteiger partial charge in [0.1, 0.15) is 0 Å². The molecule has 0 spiro atoms. The lowest BCUT2D eigenvalue weighted by atomic mass is 9.84. The van der Waals surface area contributed by atoms with Crippen molar-refractivity contribution in [2.45, 2.75) is 87.5 Å². The summed E-state index contributed by atoms with van der Waals surface area (Å²) in [4.78, 5) is 34.4. The number of esters is 2. The normalized spacial score (nSPS) is 17.1. The fourth-order valence-corrected chi connectivity index (χ4v) is 4.14. The van der Waals surface area contributed by atoms with Crippen LogP contribution in [0, 0.1) is 29.6 Å². The van der Waals surface area contributed by atoms with Crippen molar-refractivity contribution >= 4 is 17.9 Å². The van der Waals surface area contributed by atoms with E-state index in [4.69, 9.17) is 4.74 Å². The number of carbonyl (C=O) groups excluding carboxylic acids is 2. The van der Waals surface area contributed by atoms with E-state index in [0.717, 1.165) is 17.9 Å². The third-order valence-corrected chi connectivity index (χ3v) is 5.70. The van der Waals surface area contributed by atoms with Crippen LogP contribution in [0.3, 0.4) is 0 Å². The molecular weight excluding hydrogens is 408 g/mol. The number of allylic oxidation sites excluding steroid dienone is 3. The topological polar surface area (TPSA) is 89.9 Å². The second kappa shape index (κ2) is 15.7. The molecule has 0 aromatic heterocycles. The first-order chi connectivity index (χ1) is 14.8. The van der Waals surface area contributed by atoms with Crippen molar-refractivity contribution in [3.8, 4) is 0 Å². The Morgan fingerprint density at radius 2 is 1.44 bits per heavy atom. The van der Waals surface area contributed by atoms with Crippen LogP contribution in [0.25, 0.3) is 0 Å². The zero-order valence-electron chi connectivity index (χ0n) is 21.3. The molecule has 0 rings (SSSR count). The third-order valence-electron chi connectivity index (χ3n) is 5.70. The van der Waals surface area contributed by atoms with E-state index in [9.17, 15) is 19.5 Å². The molecule has 6 heteroatoms. The van der Waals surface area contributed by atoms with Crippen molar-refractivity contribution in [2.75, 3.05) is 6.79 Å². The van der Waals surface area contributed by atoms with Crippen molar-refractivity contribution in [3.05, 3.63) is 23.3 Å². The second-order valence-electron chi connectivity index (χ2n) is 9.62. The van der Waals surface area contributed by atoms with Gasteiger partial charge in [-0.3, -0.25) is 9.59 Å². The fraction of sp³-hybridized carbons (Fsp3) is 0.731. The van der Waals surface area contributed by atoms with E-state index in [2.05, 4.69) is 45.4 Å². The maximum Gasteiger partial charge on any atom is 0.331 e. The highest BCUT2D eigenvalue weighted by Gasteiger charge is 2.20. The SMILES string of the molecule is CCC(C)CC(C)CC(C)CC(C)C=C(C)C=C(CC(C)C(=O)OCOC(C)=O)C(=O)O. The first-order valence-corrected chi connectivity index (χ1v) is 11.8. The van der Waals surface area contributed by atoms with Gasteiger partial charge in [-0.15, -0.1) is 0 Å². The smallest absolute Gasteiger partial charge is 0.331 e. The number of aliphatic carboxylic acids is 1. The number of ether oxygens (including phenoxy) is 2. The molecule has 0 aliphatic rings. The molecule has 0 aliphatic carbocycles. The van der Waals surface area contributed by atoms with Gasteiger partial charge in [0.05, 0.1) is 5.92 Å². The van der Waals surface area contributed by atoms with Crippen LogP contribution in [-0.4, -0.2) is 29.8 Å². The molecule has 0 aliphatic heterocycles. The zero-order chi connectivity index (χ0) is 24.8. The van der Waals surface area contributed by atoms with Crippen LogP contribution in [0.2, 0.25) is 0 Å². The average molecular weight is 453 g/mol. The molecule has 0 radical (unpaired) electrons. The van der Waals surface area contributed by atoms with Crippen LogP contribution in [0.15, 0.2) is 23.3 Å². The average Bonchev–Trinajstić information content (AvgIpc) is 2.65. The van der Waals surface area contributed by atoms with Crippen molar-refractivity contribution in [1.29, 1.82) is 0 Å². The highest BCUT2D eigenvalue weighted by atomic mass is 16.7. The number of rotatable bonds is 15. The van der Waals surface area contributed by atoms with Crippen LogP contribution in [0.5, 0.6) is 0 Å². The summed E-state index contributed by atoms with van der Waals surface area (Å²) in [6, 6.07) is 0. The van der Waals surface area contributed by atoms with Gasteiger partial charge in [-0.25, -0.2) is 4.79 Å². The van der Waals surface area contributed by atoms with Crippen molar-refractivity contribution < 1.29 is 29.0 Å². The largest absolute Gasteiger partial charge is 0.478 e. The van der Waals surface area contributed by atoms with Gasteiger partial charge in [-0.1, -0.05) is 59.6 Å². The Hall–Kier alpha value is -2.11. The minimum absolute atomic E-state index is 0.0390. The number of hydrogen-bond acceptors (Lipinski definition) is 5. The number of carboxylic acid groups (broad SMARTS) is 1. The number of carbonyl (C=O) groups is 3. The Morgan fingerprint density at radius 1 is 0.875 bits per heavy atom. The van der Waals surface area contributed by atoms with Crippen LogP contribution in [0.1, 0.15) is 87.5 Å². The van der Waals surface area contributed by atoms with Gasteiger partial charge >= 0.3 is 17.9 Å². The fourth-order valence-electron chi connectivity index (χ4n) is 4.14. The molecule has 5 atom stereocenters. The van der Waals surface area contributed by atoms with Crippen molar-refractivity contribution in [3.63, 3.8) is 0 Å². The van der Waals surface area contributed by atoms with Crippen molar-refractivity contribution in [2.24, 2.45) is 29.6 Å². The molecule has 1 N–H and O–H groups in total. The Morgan fingerprint density at radius 3 is 1.97 bits per heavy atom. The lowest BCUT2D eigenvalue weighted by molar-refractivity contribution is -0.168. The molecule has 0 aromatic rings. The van der Waals surface area contributed by atoms with Crippen LogP contribution < -0.4 is 0 Å². The second-order valence-corrected chi connectivity index (χ2v) is 9.62. The van der Waals surface area contributed by atoms with Gasteiger partial charge in [-0.2, -0.15) is 0 Å². The molecule has 0 aromatic carbocycles. The van der Waals surface area contributed by atoms with Gasteiger partial charge < -0.3 is 14.6 Å². The molecule has 6 nitrogen and oxygen atoms in total. The van der Waals surface area contributed by atoms with Gasteiger partial charge in [0.15, 0.2) is 0 Å². The predicted molar refractivity (Wildman–Crippen MR) is 127 cm³/mol. The lowest BCUT2D eigenvalue weighted by Gasteiger charge is -2.21. The van der Waals surface area contributed by atoms with E-state index >= 15 is 0 Å². The molecule has 0 bridgehead atoms. The molecule has 0 saturated heterocycles. The highest BCUT2D eigenvalue weighted by molar-refractivity contribution is 5.88. The Labute approximate surface area is 194 Å². The van der Waals surface area contributed by atoms with E-state index in [1.54, 1.807) is 13.0 Å². The summed E-state index contributed by atoms with van der Waals surface area (Å²) in [5.41, 5.74) is 1.02. The number of hydrogen-bond donors (Lipinski definition) is 1. The molecule has 32 heavy (non-hydrogen) atoms. The van der Waals surface area contributed by atoms with E-state index in [0.29, 0.717) is 17.8 Å². The molecule has 0 heterocycles. The lowest BCUT2D eigenvalue weighted by Crippen LogP contribution is -2.19. The summed E-state index contributed by atoms with van der Waals surface area (Å²) in [5.74, 6) is -0.473. The zero-order valence-corrected chi connectivity index (χ0v) is 21.3. The van der Waals surface area contributed by atoms with Gasteiger partial charge in [0.25, 0.3) is 0 Å². The van der Waals surface area contributed by atoms with Crippen molar-refractivity contribution in [1.82, 2.24) is 0 Å². The highest BCUT2D eigenvalue weighted by Crippen LogP contribution is 2.26. The first kappa shape index (κ1) is 29.9.